The van der Waals surface area contributed by atoms with E-state index in [1.165, 1.54) is 5.69 Å². The minimum absolute atomic E-state index is 0.134. The van der Waals surface area contributed by atoms with Gasteiger partial charge in [0.05, 0.1) is 6.61 Å². The van der Waals surface area contributed by atoms with Crippen LogP contribution in [0.5, 0.6) is 0 Å². The zero-order valence-corrected chi connectivity index (χ0v) is 17.4. The predicted molar refractivity (Wildman–Crippen MR) is 117 cm³/mol. The van der Waals surface area contributed by atoms with Crippen molar-refractivity contribution in [2.24, 2.45) is 0 Å². The molecule has 1 heterocycles. The molecule has 2 aromatic rings. The minimum Gasteiger partial charge on any atom is -0.383 e. The maximum atomic E-state index is 12.3. The fourth-order valence-electron chi connectivity index (χ4n) is 3.53. The van der Waals surface area contributed by atoms with Crippen LogP contribution in [0.4, 0.5) is 5.69 Å². The molecule has 1 aliphatic heterocycles. The molecular formula is C23H28N4O2. The van der Waals surface area contributed by atoms with Crippen molar-refractivity contribution < 1.29 is 9.53 Å². The van der Waals surface area contributed by atoms with Crippen molar-refractivity contribution in [2.45, 2.75) is 6.92 Å². The first-order valence-electron chi connectivity index (χ1n) is 9.89. The fraction of sp³-hybridized carbons (Fsp3) is 0.391. The van der Waals surface area contributed by atoms with Crippen molar-refractivity contribution in [1.29, 1.82) is 5.26 Å². The molecule has 0 aliphatic carbocycles. The monoisotopic (exact) mass is 392 g/mol. The number of nitriles is 1. The molecule has 1 N–H and O–H groups in total. The van der Waals surface area contributed by atoms with Gasteiger partial charge in [-0.25, -0.2) is 0 Å². The van der Waals surface area contributed by atoms with Gasteiger partial charge in [0.2, 0.25) is 0 Å². The molecule has 0 atom stereocenters. The molecular weight excluding hydrogens is 364 g/mol. The van der Waals surface area contributed by atoms with Gasteiger partial charge in [0, 0.05) is 45.5 Å². The Morgan fingerprint density at radius 3 is 2.52 bits per heavy atom. The van der Waals surface area contributed by atoms with E-state index in [-0.39, 0.29) is 11.5 Å². The quantitative estimate of drug-likeness (QED) is 0.465. The predicted octanol–water partition coefficient (Wildman–Crippen LogP) is 2.65. The van der Waals surface area contributed by atoms with Crippen LogP contribution in [0.25, 0.3) is 16.3 Å². The van der Waals surface area contributed by atoms with Gasteiger partial charge in [0.1, 0.15) is 11.6 Å². The van der Waals surface area contributed by atoms with E-state index in [2.05, 4.69) is 46.4 Å². The topological polar surface area (TPSA) is 68.6 Å². The molecule has 152 valence electrons. The second-order valence-corrected chi connectivity index (χ2v) is 7.40. The van der Waals surface area contributed by atoms with Gasteiger partial charge >= 0.3 is 0 Å². The number of anilines is 1. The van der Waals surface area contributed by atoms with E-state index in [0.29, 0.717) is 18.7 Å². The molecule has 0 unspecified atom stereocenters. The van der Waals surface area contributed by atoms with E-state index >= 15 is 0 Å². The Balaban J connectivity index is 1.84. The van der Waals surface area contributed by atoms with Gasteiger partial charge in [0.25, 0.3) is 5.91 Å². The van der Waals surface area contributed by atoms with Crippen LogP contribution in [0.15, 0.2) is 42.0 Å². The smallest absolute Gasteiger partial charge is 0.262 e. The average molecular weight is 393 g/mol. The number of benzene rings is 2. The number of rotatable bonds is 6. The lowest BCUT2D eigenvalue weighted by atomic mass is 9.98. The number of carbonyl (C=O) groups is 1. The summed E-state index contributed by atoms with van der Waals surface area (Å²) < 4.78 is 4.94. The Morgan fingerprint density at radius 2 is 1.83 bits per heavy atom. The number of hydrogen-bond acceptors (Lipinski definition) is 5. The highest BCUT2D eigenvalue weighted by molar-refractivity contribution is 6.05. The van der Waals surface area contributed by atoms with Crippen molar-refractivity contribution in [2.75, 3.05) is 58.4 Å². The van der Waals surface area contributed by atoms with Gasteiger partial charge in [-0.2, -0.15) is 5.26 Å². The van der Waals surface area contributed by atoms with Crippen LogP contribution >= 0.6 is 0 Å². The highest BCUT2D eigenvalue weighted by Crippen LogP contribution is 2.27. The summed E-state index contributed by atoms with van der Waals surface area (Å²) in [6.45, 7) is 6.82. The summed E-state index contributed by atoms with van der Waals surface area (Å²) in [5.74, 6) is -0.368. The lowest BCUT2D eigenvalue weighted by Crippen LogP contribution is -2.44. The van der Waals surface area contributed by atoms with E-state index in [0.717, 1.165) is 42.5 Å². The summed E-state index contributed by atoms with van der Waals surface area (Å²) in [7, 11) is 3.73. The second kappa shape index (κ2) is 9.55. The number of carbonyl (C=O) groups excluding carboxylic acids is 1. The average Bonchev–Trinajstić information content (AvgIpc) is 2.74. The molecule has 0 aromatic heterocycles. The maximum Gasteiger partial charge on any atom is 0.262 e. The number of piperazine rings is 1. The maximum absolute atomic E-state index is 12.3. The van der Waals surface area contributed by atoms with Crippen molar-refractivity contribution in [3.8, 4) is 6.07 Å². The van der Waals surface area contributed by atoms with Crippen LogP contribution < -0.4 is 10.2 Å². The number of methoxy groups -OCH3 is 1. The molecule has 1 aliphatic rings. The highest BCUT2D eigenvalue weighted by atomic mass is 16.5. The minimum atomic E-state index is -0.368. The zero-order chi connectivity index (χ0) is 20.8. The van der Waals surface area contributed by atoms with E-state index in [1.54, 1.807) is 7.11 Å². The van der Waals surface area contributed by atoms with Crippen molar-refractivity contribution in [1.82, 2.24) is 10.2 Å². The van der Waals surface area contributed by atoms with Crippen LogP contribution in [0.2, 0.25) is 0 Å². The summed E-state index contributed by atoms with van der Waals surface area (Å²) in [4.78, 5) is 17.1. The third kappa shape index (κ3) is 4.94. The molecule has 0 bridgehead atoms. The molecule has 6 heteroatoms. The number of amides is 1. The van der Waals surface area contributed by atoms with Crippen LogP contribution in [-0.4, -0.2) is 64.3 Å². The number of allylic oxidation sites excluding steroid dienone is 1. The Hall–Kier alpha value is -2.88. The van der Waals surface area contributed by atoms with Crippen LogP contribution in [-0.2, 0) is 9.53 Å². The van der Waals surface area contributed by atoms with Gasteiger partial charge < -0.3 is 19.9 Å². The number of likely N-dealkylation sites (N-methyl/N-ethyl adjacent to an activating group) is 1. The van der Waals surface area contributed by atoms with Crippen LogP contribution in [0, 0.1) is 11.3 Å². The molecule has 29 heavy (non-hydrogen) atoms. The molecule has 0 radical (unpaired) electrons. The van der Waals surface area contributed by atoms with Gasteiger partial charge in [0.15, 0.2) is 0 Å². The largest absolute Gasteiger partial charge is 0.383 e. The number of nitrogens with zero attached hydrogens (tertiary/aromatic N) is 3. The Morgan fingerprint density at radius 1 is 1.14 bits per heavy atom. The van der Waals surface area contributed by atoms with Gasteiger partial charge in [-0.15, -0.1) is 0 Å². The molecule has 1 saturated heterocycles. The van der Waals surface area contributed by atoms with Crippen molar-refractivity contribution in [3.05, 3.63) is 47.5 Å². The summed E-state index contributed by atoms with van der Waals surface area (Å²) in [6, 6.07) is 14.6. The third-order valence-corrected chi connectivity index (χ3v) is 5.43. The van der Waals surface area contributed by atoms with E-state index in [1.807, 2.05) is 25.1 Å². The summed E-state index contributed by atoms with van der Waals surface area (Å²) >= 11 is 0. The molecule has 6 nitrogen and oxygen atoms in total. The van der Waals surface area contributed by atoms with Gasteiger partial charge in [-0.3, -0.25) is 4.79 Å². The SMILES string of the molecule is COCCNC(=O)/C(C#N)=C(\C)c1ccc2cc(N3CCN(C)CC3)ccc2c1. The van der Waals surface area contributed by atoms with Crippen LogP contribution in [0.3, 0.4) is 0 Å². The molecule has 1 fully saturated rings. The lowest BCUT2D eigenvalue weighted by molar-refractivity contribution is -0.117. The number of hydrogen-bond donors (Lipinski definition) is 1. The molecule has 1 amide bonds. The second-order valence-electron chi connectivity index (χ2n) is 7.40. The summed E-state index contributed by atoms with van der Waals surface area (Å²) in [5, 5.41) is 14.5. The first-order chi connectivity index (χ1) is 14.0. The van der Waals surface area contributed by atoms with E-state index < -0.39 is 0 Å². The normalized spacial score (nSPS) is 15.7. The molecule has 0 saturated carbocycles. The Labute approximate surface area is 172 Å². The van der Waals surface area contributed by atoms with E-state index in [4.69, 9.17) is 4.74 Å². The fourth-order valence-corrected chi connectivity index (χ4v) is 3.53. The third-order valence-electron chi connectivity index (χ3n) is 5.43. The van der Waals surface area contributed by atoms with Gasteiger partial charge in [-0.05, 0) is 54.1 Å². The first kappa shape index (κ1) is 20.8. The molecule has 3 rings (SSSR count). The number of nitrogens with one attached hydrogen (secondary N) is 1. The zero-order valence-electron chi connectivity index (χ0n) is 17.4. The standard InChI is InChI=1S/C23H28N4O2/c1-17(22(16-24)23(28)25-8-13-29-3)18-4-5-20-15-21(7-6-19(20)14-18)27-11-9-26(2)10-12-27/h4-7,14-15H,8-13H2,1-3H3,(H,25,28)/b22-17+. The molecule has 2 aromatic carbocycles. The van der Waals surface area contributed by atoms with Crippen molar-refractivity contribution in [3.63, 3.8) is 0 Å². The highest BCUT2D eigenvalue weighted by Gasteiger charge is 2.16. The van der Waals surface area contributed by atoms with Crippen molar-refractivity contribution >= 4 is 27.9 Å². The Bertz CT molecular complexity index is 953. The van der Waals surface area contributed by atoms with Gasteiger partial charge in [-0.1, -0.05) is 18.2 Å². The summed E-state index contributed by atoms with van der Waals surface area (Å²) in [5.41, 5.74) is 2.92. The first-order valence-corrected chi connectivity index (χ1v) is 9.89. The summed E-state index contributed by atoms with van der Waals surface area (Å²) in [6.07, 6.45) is 0. The molecule has 0 spiro atoms. The van der Waals surface area contributed by atoms with Crippen LogP contribution in [0.1, 0.15) is 12.5 Å². The Kier molecular flexibility index (Phi) is 6.86. The lowest BCUT2D eigenvalue weighted by Gasteiger charge is -2.34. The number of fused-ring (bicyclic) bond motifs is 1. The van der Waals surface area contributed by atoms with E-state index in [9.17, 15) is 10.1 Å². The number of ether oxygens (including phenoxy) is 1.